The highest BCUT2D eigenvalue weighted by molar-refractivity contribution is 6.67. The maximum absolute atomic E-state index is 11.3. The fourth-order valence-electron chi connectivity index (χ4n) is 1.07. The van der Waals surface area contributed by atoms with Crippen molar-refractivity contribution in [3.63, 3.8) is 0 Å². The first-order valence-electron chi connectivity index (χ1n) is 5.22. The molecule has 11 heteroatoms. The molecule has 0 radical (unpaired) electrons. The summed E-state index contributed by atoms with van der Waals surface area (Å²) in [5, 5.41) is 38.5. The Labute approximate surface area is 129 Å². The molecule has 0 saturated heterocycles. The molecule has 0 saturated carbocycles. The smallest absolute Gasteiger partial charge is 0.407 e. The number of alkyl halides is 3. The predicted molar refractivity (Wildman–Crippen MR) is 69.7 cm³/mol. The number of hydrogen-bond acceptors (Lipinski definition) is 7. The van der Waals surface area contributed by atoms with Gasteiger partial charge in [-0.3, -0.25) is 0 Å². The van der Waals surface area contributed by atoms with Gasteiger partial charge in [0.2, 0.25) is 3.79 Å². The van der Waals surface area contributed by atoms with Crippen molar-refractivity contribution in [2.24, 2.45) is 0 Å². The molecule has 0 aromatic heterocycles. The van der Waals surface area contributed by atoms with Crippen LogP contribution in [0.4, 0.5) is 4.79 Å². The molecule has 8 nitrogen and oxygen atoms in total. The standard InChI is InChI=1S/C9H14Cl3NO7/c10-9(11,12)3-20-8(19)13-4(1-14)6(17)7(18)5(16)2-15/h1,4-7,15-18H,2-3H2,(H,13,19)/t4-,5+,6+,7+/m0/s1. The van der Waals surface area contributed by atoms with Gasteiger partial charge < -0.3 is 35.3 Å². The van der Waals surface area contributed by atoms with Crippen LogP contribution in [0.15, 0.2) is 0 Å². The Morgan fingerprint density at radius 2 is 1.80 bits per heavy atom. The average Bonchev–Trinajstić information content (AvgIpc) is 2.39. The SMILES string of the molecule is O=C[C@H](NC(=O)OCC(Cl)(Cl)Cl)[C@@H](O)[C@H](O)[C@H](O)CO. The minimum atomic E-state index is -1.87. The highest BCUT2D eigenvalue weighted by atomic mass is 35.6. The van der Waals surface area contributed by atoms with E-state index in [1.807, 2.05) is 5.32 Å². The largest absolute Gasteiger partial charge is 0.445 e. The fourth-order valence-corrected chi connectivity index (χ4v) is 1.24. The van der Waals surface area contributed by atoms with Crippen molar-refractivity contribution in [1.82, 2.24) is 5.32 Å². The summed E-state index contributed by atoms with van der Waals surface area (Å²) in [4.78, 5) is 22.0. The van der Waals surface area contributed by atoms with E-state index in [0.717, 1.165) is 0 Å². The van der Waals surface area contributed by atoms with Gasteiger partial charge in [0.15, 0.2) is 0 Å². The Bertz CT molecular complexity index is 325. The lowest BCUT2D eigenvalue weighted by molar-refractivity contribution is -0.120. The van der Waals surface area contributed by atoms with Crippen LogP contribution in [0.2, 0.25) is 0 Å². The minimum absolute atomic E-state index is 0.106. The van der Waals surface area contributed by atoms with Crippen LogP contribution in [0.1, 0.15) is 0 Å². The van der Waals surface area contributed by atoms with Crippen LogP contribution in [-0.4, -0.2) is 74.2 Å². The molecule has 0 aromatic carbocycles. The van der Waals surface area contributed by atoms with E-state index in [1.54, 1.807) is 0 Å². The molecule has 118 valence electrons. The third kappa shape index (κ3) is 7.44. The van der Waals surface area contributed by atoms with Gasteiger partial charge in [0.05, 0.1) is 6.61 Å². The lowest BCUT2D eigenvalue weighted by atomic mass is 10.0. The zero-order valence-electron chi connectivity index (χ0n) is 9.95. The lowest BCUT2D eigenvalue weighted by Crippen LogP contribution is -2.53. The van der Waals surface area contributed by atoms with E-state index < -0.39 is 47.5 Å². The number of hydrogen-bond donors (Lipinski definition) is 5. The van der Waals surface area contributed by atoms with Crippen LogP contribution in [0.25, 0.3) is 0 Å². The summed E-state index contributed by atoms with van der Waals surface area (Å²) in [5.74, 6) is 0. The number of carbonyl (C=O) groups is 2. The van der Waals surface area contributed by atoms with Crippen LogP contribution in [0.3, 0.4) is 0 Å². The molecule has 4 atom stereocenters. The minimum Gasteiger partial charge on any atom is -0.445 e. The van der Waals surface area contributed by atoms with Gasteiger partial charge in [-0.1, -0.05) is 34.8 Å². The van der Waals surface area contributed by atoms with E-state index in [0.29, 0.717) is 0 Å². The Morgan fingerprint density at radius 1 is 1.25 bits per heavy atom. The van der Waals surface area contributed by atoms with Gasteiger partial charge in [-0.25, -0.2) is 4.79 Å². The van der Waals surface area contributed by atoms with Gasteiger partial charge >= 0.3 is 6.09 Å². The number of halogens is 3. The highest BCUT2D eigenvalue weighted by Gasteiger charge is 2.32. The molecular weight excluding hydrogens is 340 g/mol. The van der Waals surface area contributed by atoms with E-state index in [-0.39, 0.29) is 6.29 Å². The number of aliphatic hydroxyl groups is 4. The van der Waals surface area contributed by atoms with E-state index in [2.05, 4.69) is 4.74 Å². The van der Waals surface area contributed by atoms with Crippen molar-refractivity contribution < 1.29 is 34.8 Å². The first-order valence-corrected chi connectivity index (χ1v) is 6.36. The molecule has 0 heterocycles. The van der Waals surface area contributed by atoms with Crippen LogP contribution in [0.5, 0.6) is 0 Å². The number of carbonyl (C=O) groups excluding carboxylic acids is 2. The number of alkyl carbamates (subject to hydrolysis) is 1. The van der Waals surface area contributed by atoms with Crippen molar-refractivity contribution in [3.05, 3.63) is 0 Å². The fraction of sp³-hybridized carbons (Fsp3) is 0.778. The summed E-state index contributed by atoms with van der Waals surface area (Å²) in [6, 6.07) is -1.59. The second kappa shape index (κ2) is 8.83. The first-order chi connectivity index (χ1) is 9.12. The monoisotopic (exact) mass is 353 g/mol. The van der Waals surface area contributed by atoms with Gasteiger partial charge in [0.1, 0.15) is 37.2 Å². The number of aldehydes is 1. The molecule has 0 spiro atoms. The molecule has 0 aromatic rings. The van der Waals surface area contributed by atoms with Gasteiger partial charge in [0.25, 0.3) is 0 Å². The molecule has 0 aliphatic carbocycles. The molecule has 5 N–H and O–H groups in total. The molecule has 0 aliphatic heterocycles. The highest BCUT2D eigenvalue weighted by Crippen LogP contribution is 2.25. The van der Waals surface area contributed by atoms with Crippen LogP contribution >= 0.6 is 34.8 Å². The van der Waals surface area contributed by atoms with Crippen molar-refractivity contribution in [2.75, 3.05) is 13.2 Å². The first kappa shape index (κ1) is 19.7. The van der Waals surface area contributed by atoms with Crippen molar-refractivity contribution >= 4 is 47.2 Å². The second-order valence-electron chi connectivity index (χ2n) is 3.73. The number of rotatable bonds is 7. The van der Waals surface area contributed by atoms with E-state index >= 15 is 0 Å². The zero-order chi connectivity index (χ0) is 15.9. The average molecular weight is 355 g/mol. The van der Waals surface area contributed by atoms with Gasteiger partial charge in [0, 0.05) is 0 Å². The molecule has 0 fully saturated rings. The Morgan fingerprint density at radius 3 is 2.20 bits per heavy atom. The van der Waals surface area contributed by atoms with Crippen molar-refractivity contribution in [3.8, 4) is 0 Å². The molecule has 0 aliphatic rings. The molecule has 0 rings (SSSR count). The van der Waals surface area contributed by atoms with Crippen molar-refractivity contribution in [2.45, 2.75) is 28.1 Å². The summed E-state index contributed by atoms with van der Waals surface area (Å²) in [7, 11) is 0. The summed E-state index contributed by atoms with van der Waals surface area (Å²) >= 11 is 16.0. The number of amides is 1. The second-order valence-corrected chi connectivity index (χ2v) is 6.24. The zero-order valence-corrected chi connectivity index (χ0v) is 12.2. The van der Waals surface area contributed by atoms with Gasteiger partial charge in [-0.05, 0) is 0 Å². The quantitative estimate of drug-likeness (QED) is 0.284. The van der Waals surface area contributed by atoms with E-state index in [1.165, 1.54) is 0 Å². The van der Waals surface area contributed by atoms with Crippen LogP contribution in [-0.2, 0) is 9.53 Å². The maximum atomic E-state index is 11.3. The molecule has 0 bridgehead atoms. The molecule has 20 heavy (non-hydrogen) atoms. The molecule has 1 amide bonds. The van der Waals surface area contributed by atoms with Crippen LogP contribution in [0, 0.1) is 0 Å². The normalized spacial score (nSPS) is 17.8. The van der Waals surface area contributed by atoms with E-state index in [4.69, 9.17) is 45.0 Å². The summed E-state index contributed by atoms with van der Waals surface area (Å²) < 4.78 is 2.60. The number of ether oxygens (including phenoxy) is 1. The van der Waals surface area contributed by atoms with E-state index in [9.17, 15) is 19.8 Å². The predicted octanol–water partition coefficient (Wildman–Crippen LogP) is -1.27. The van der Waals surface area contributed by atoms with Gasteiger partial charge in [-0.2, -0.15) is 0 Å². The van der Waals surface area contributed by atoms with Gasteiger partial charge in [-0.15, -0.1) is 0 Å². The summed E-state index contributed by atoms with van der Waals surface area (Å²) in [6.45, 7) is -1.45. The Balaban J connectivity index is 4.46. The third-order valence-corrected chi connectivity index (χ3v) is 2.42. The summed E-state index contributed by atoms with van der Waals surface area (Å²) in [6.07, 6.45) is -6.49. The maximum Gasteiger partial charge on any atom is 0.407 e. The number of aliphatic hydroxyl groups excluding tert-OH is 4. The molecule has 0 unspecified atom stereocenters. The molecular formula is C9H14Cl3NO7. The topological polar surface area (TPSA) is 136 Å². The summed E-state index contributed by atoms with van der Waals surface area (Å²) in [5.41, 5.74) is 0. The lowest BCUT2D eigenvalue weighted by Gasteiger charge is -2.26. The Kier molecular flexibility index (Phi) is 8.68. The Hall–Kier alpha value is -0.350. The van der Waals surface area contributed by atoms with Crippen LogP contribution < -0.4 is 5.32 Å². The van der Waals surface area contributed by atoms with Crippen molar-refractivity contribution in [1.29, 1.82) is 0 Å². The third-order valence-electron chi connectivity index (χ3n) is 2.10. The number of nitrogens with one attached hydrogen (secondary N) is 1.